The quantitative estimate of drug-likeness (QED) is 0.186. The Kier molecular flexibility index (Phi) is 8.61. The van der Waals surface area contributed by atoms with Gasteiger partial charge in [0, 0.05) is 24.0 Å². The number of hydrogen-bond acceptors (Lipinski definition) is 8. The first kappa shape index (κ1) is 24.4. The number of imide groups is 1. The Bertz CT molecular complexity index is 845. The van der Waals surface area contributed by atoms with Crippen LogP contribution in [0, 0.1) is 0 Å². The summed E-state index contributed by atoms with van der Waals surface area (Å²) < 4.78 is 5.17. The van der Waals surface area contributed by atoms with E-state index in [1.807, 2.05) is 26.0 Å². The third-order valence-electron chi connectivity index (χ3n) is 4.21. The molecule has 31 heavy (non-hydrogen) atoms. The maximum atomic E-state index is 11.8. The Labute approximate surface area is 186 Å². The van der Waals surface area contributed by atoms with Gasteiger partial charge < -0.3 is 9.57 Å². The molecule has 9 nitrogen and oxygen atoms in total. The normalized spacial score (nSPS) is 14.6. The van der Waals surface area contributed by atoms with Crippen molar-refractivity contribution < 1.29 is 28.8 Å². The fourth-order valence-electron chi connectivity index (χ4n) is 2.65. The smallest absolute Gasteiger partial charge is 0.333 e. The summed E-state index contributed by atoms with van der Waals surface area (Å²) in [7, 11) is 0. The van der Waals surface area contributed by atoms with E-state index >= 15 is 0 Å². The summed E-state index contributed by atoms with van der Waals surface area (Å²) in [6.07, 6.45) is 0.761. The van der Waals surface area contributed by atoms with Gasteiger partial charge in [-0.3, -0.25) is 14.4 Å². The molecule has 1 aliphatic rings. The summed E-state index contributed by atoms with van der Waals surface area (Å²) >= 11 is 4.32. The second kappa shape index (κ2) is 10.9. The molecule has 1 fully saturated rings. The van der Waals surface area contributed by atoms with E-state index in [1.165, 1.54) is 0 Å². The first-order valence-corrected chi connectivity index (χ1v) is 10.4. The van der Waals surface area contributed by atoms with Crippen molar-refractivity contribution in [1.82, 2.24) is 10.5 Å². The number of carbonyl (C=O) groups excluding carboxylic acids is 4. The summed E-state index contributed by atoms with van der Waals surface area (Å²) in [5.41, 5.74) is 3.98. The van der Waals surface area contributed by atoms with Crippen LogP contribution in [0.4, 0.5) is 0 Å². The second-order valence-electron chi connectivity index (χ2n) is 7.74. The number of hydroxylamine groups is 2. The van der Waals surface area contributed by atoms with E-state index in [4.69, 9.17) is 9.57 Å². The van der Waals surface area contributed by atoms with Gasteiger partial charge in [-0.25, -0.2) is 10.2 Å². The van der Waals surface area contributed by atoms with Gasteiger partial charge in [0.05, 0.1) is 18.7 Å². The summed E-state index contributed by atoms with van der Waals surface area (Å²) in [5.74, 6) is -1.26. The number of hydrogen-bond donors (Lipinski definition) is 2. The van der Waals surface area contributed by atoms with Crippen LogP contribution in [-0.2, 0) is 24.0 Å². The molecule has 0 saturated carbocycles. The largest absolute Gasteiger partial charge is 0.494 e. The SMILES string of the molecule is CC(=NNC(=O)CC(C)(C)S)c1ccc(OCCCC(=O)ON2C(=O)CCC2=O)cc1. The molecule has 0 spiro atoms. The fourth-order valence-corrected chi connectivity index (χ4v) is 2.79. The van der Waals surface area contributed by atoms with E-state index in [0.29, 0.717) is 22.9 Å². The maximum absolute atomic E-state index is 11.8. The summed E-state index contributed by atoms with van der Waals surface area (Å²) in [4.78, 5) is 51.2. The highest BCUT2D eigenvalue weighted by molar-refractivity contribution is 7.81. The van der Waals surface area contributed by atoms with Crippen LogP contribution in [0.25, 0.3) is 0 Å². The van der Waals surface area contributed by atoms with Crippen LogP contribution in [0.2, 0.25) is 0 Å². The molecule has 168 valence electrons. The summed E-state index contributed by atoms with van der Waals surface area (Å²) in [6, 6.07) is 7.13. The van der Waals surface area contributed by atoms with Gasteiger partial charge in [0.15, 0.2) is 0 Å². The predicted octanol–water partition coefficient (Wildman–Crippen LogP) is 2.39. The van der Waals surface area contributed by atoms with Crippen molar-refractivity contribution in [2.45, 2.75) is 57.6 Å². The van der Waals surface area contributed by atoms with Crippen LogP contribution in [0.15, 0.2) is 29.4 Å². The standard InChI is InChI=1S/C21H27N3O6S/c1-14(22-23-17(25)13-21(2,3)31)15-6-8-16(9-7-15)29-12-4-5-20(28)30-24-18(26)10-11-19(24)27/h6-9,31H,4-5,10-13H2,1-3H3,(H,23,25). The average Bonchev–Trinajstić information content (AvgIpc) is 3.00. The zero-order chi connectivity index (χ0) is 23.0. The fraction of sp³-hybridized carbons (Fsp3) is 0.476. The van der Waals surface area contributed by atoms with E-state index in [-0.39, 0.29) is 38.2 Å². The highest BCUT2D eigenvalue weighted by atomic mass is 32.1. The minimum absolute atomic E-state index is 0.0176. The van der Waals surface area contributed by atoms with E-state index in [1.54, 1.807) is 19.1 Å². The molecule has 0 aromatic heterocycles. The molecule has 10 heteroatoms. The van der Waals surface area contributed by atoms with E-state index in [2.05, 4.69) is 23.2 Å². The van der Waals surface area contributed by atoms with Crippen molar-refractivity contribution in [3.05, 3.63) is 29.8 Å². The van der Waals surface area contributed by atoms with Gasteiger partial charge in [0.1, 0.15) is 5.75 Å². The second-order valence-corrected chi connectivity index (χ2v) is 8.95. The number of ether oxygens (including phenoxy) is 1. The Morgan fingerprint density at radius 1 is 1.16 bits per heavy atom. The first-order valence-electron chi connectivity index (χ1n) is 9.90. The van der Waals surface area contributed by atoms with Crippen LogP contribution in [0.3, 0.4) is 0 Å². The molecule has 0 aliphatic carbocycles. The van der Waals surface area contributed by atoms with Gasteiger partial charge in [-0.1, -0.05) is 13.8 Å². The van der Waals surface area contributed by atoms with Crippen LogP contribution in [-0.4, -0.2) is 45.8 Å². The number of thiol groups is 1. The summed E-state index contributed by atoms with van der Waals surface area (Å²) in [5, 5.41) is 4.63. The number of benzene rings is 1. The molecule has 1 heterocycles. The van der Waals surface area contributed by atoms with Gasteiger partial charge in [0.25, 0.3) is 11.8 Å². The molecular weight excluding hydrogens is 422 g/mol. The number of carbonyl (C=O) groups is 4. The van der Waals surface area contributed by atoms with Gasteiger partial charge >= 0.3 is 5.97 Å². The van der Waals surface area contributed by atoms with E-state index in [0.717, 1.165) is 5.56 Å². The topological polar surface area (TPSA) is 114 Å². The molecule has 3 amide bonds. The van der Waals surface area contributed by atoms with Crippen molar-refractivity contribution in [3.63, 3.8) is 0 Å². The van der Waals surface area contributed by atoms with Gasteiger partial charge in [0.2, 0.25) is 5.91 Å². The first-order chi connectivity index (χ1) is 14.5. The maximum Gasteiger partial charge on any atom is 0.333 e. The lowest BCUT2D eigenvalue weighted by Gasteiger charge is -2.15. The number of hydrazone groups is 1. The van der Waals surface area contributed by atoms with Crippen molar-refractivity contribution in [1.29, 1.82) is 0 Å². The molecule has 1 saturated heterocycles. The monoisotopic (exact) mass is 449 g/mol. The average molecular weight is 450 g/mol. The van der Waals surface area contributed by atoms with Crippen molar-refractivity contribution >= 4 is 42.0 Å². The van der Waals surface area contributed by atoms with Crippen molar-refractivity contribution in [3.8, 4) is 5.75 Å². The van der Waals surface area contributed by atoms with Crippen LogP contribution < -0.4 is 10.2 Å². The molecule has 1 N–H and O–H groups in total. The Morgan fingerprint density at radius 2 is 1.77 bits per heavy atom. The molecule has 1 aromatic carbocycles. The zero-order valence-electron chi connectivity index (χ0n) is 17.8. The van der Waals surface area contributed by atoms with E-state index < -0.39 is 22.5 Å². The molecule has 0 radical (unpaired) electrons. The van der Waals surface area contributed by atoms with Crippen LogP contribution in [0.1, 0.15) is 58.4 Å². The minimum Gasteiger partial charge on any atom is -0.494 e. The van der Waals surface area contributed by atoms with Gasteiger partial charge in [-0.15, -0.1) is 5.06 Å². The lowest BCUT2D eigenvalue weighted by atomic mass is 10.1. The highest BCUT2D eigenvalue weighted by Crippen LogP contribution is 2.17. The van der Waals surface area contributed by atoms with Crippen molar-refractivity contribution in [2.75, 3.05) is 6.61 Å². The Morgan fingerprint density at radius 3 is 2.35 bits per heavy atom. The van der Waals surface area contributed by atoms with Crippen molar-refractivity contribution in [2.24, 2.45) is 5.10 Å². The van der Waals surface area contributed by atoms with Crippen LogP contribution in [0.5, 0.6) is 5.75 Å². The van der Waals surface area contributed by atoms with E-state index in [9.17, 15) is 19.2 Å². The number of rotatable bonds is 10. The number of nitrogens with one attached hydrogen (secondary N) is 1. The third-order valence-corrected chi connectivity index (χ3v) is 4.36. The molecule has 0 atom stereocenters. The lowest BCUT2D eigenvalue weighted by molar-refractivity contribution is -0.197. The molecule has 2 rings (SSSR count). The lowest BCUT2D eigenvalue weighted by Crippen LogP contribution is -2.32. The predicted molar refractivity (Wildman–Crippen MR) is 116 cm³/mol. The molecule has 0 unspecified atom stereocenters. The minimum atomic E-state index is -0.655. The number of amides is 3. The Balaban J connectivity index is 1.72. The highest BCUT2D eigenvalue weighted by Gasteiger charge is 2.32. The van der Waals surface area contributed by atoms with Gasteiger partial charge in [-0.2, -0.15) is 17.7 Å². The molecule has 1 aliphatic heterocycles. The van der Waals surface area contributed by atoms with Gasteiger partial charge in [-0.05, 0) is 43.2 Å². The summed E-state index contributed by atoms with van der Waals surface area (Å²) in [6.45, 7) is 5.75. The van der Waals surface area contributed by atoms with Crippen LogP contribution >= 0.6 is 12.6 Å². The number of nitrogens with zero attached hydrogens (tertiary/aromatic N) is 2. The Hall–Kier alpha value is -2.88. The third kappa shape index (κ3) is 8.41. The molecular formula is C21H27N3O6S. The molecule has 0 bridgehead atoms. The molecule has 1 aromatic rings. The zero-order valence-corrected chi connectivity index (χ0v) is 18.7.